The van der Waals surface area contributed by atoms with Crippen molar-refractivity contribution in [3.05, 3.63) is 66.2 Å². The molecule has 4 rings (SSSR count). The molecule has 2 saturated heterocycles. The topological polar surface area (TPSA) is 36.0 Å². The minimum Gasteiger partial charge on any atom is -0.315 e. The Balaban J connectivity index is 1.67. The Morgan fingerprint density at radius 3 is 2.03 bits per heavy atom. The number of piperidine rings is 1. The van der Waals surface area contributed by atoms with Crippen LogP contribution in [0.3, 0.4) is 0 Å². The third kappa shape index (κ3) is 4.87. The monoisotopic (exact) mass is 463 g/mol. The van der Waals surface area contributed by atoms with Gasteiger partial charge in [0.05, 0.1) is 18.7 Å². The summed E-state index contributed by atoms with van der Waals surface area (Å²) in [7, 11) is 0. The van der Waals surface area contributed by atoms with Crippen molar-refractivity contribution in [2.24, 2.45) is 5.92 Å². The van der Waals surface area contributed by atoms with E-state index in [4.69, 9.17) is 4.84 Å². The number of benzene rings is 2. The fourth-order valence-corrected chi connectivity index (χ4v) is 6.07. The molecule has 5 nitrogen and oxygen atoms in total. The number of urea groups is 1. The summed E-state index contributed by atoms with van der Waals surface area (Å²) < 4.78 is 0. The predicted octanol–water partition coefficient (Wildman–Crippen LogP) is 6.50. The van der Waals surface area contributed by atoms with Gasteiger partial charge in [-0.15, -0.1) is 0 Å². The number of hydrogen-bond acceptors (Lipinski definition) is 3. The quantitative estimate of drug-likeness (QED) is 0.470. The van der Waals surface area contributed by atoms with E-state index in [0.29, 0.717) is 13.2 Å². The number of hydrogen-bond donors (Lipinski definition) is 0. The average Bonchev–Trinajstić information content (AvgIpc) is 3.05. The maximum absolute atomic E-state index is 13.9. The summed E-state index contributed by atoms with van der Waals surface area (Å²) in [6.45, 7) is 14.6. The highest BCUT2D eigenvalue weighted by molar-refractivity contribution is 5.95. The van der Waals surface area contributed by atoms with Gasteiger partial charge >= 0.3 is 6.03 Å². The Bertz CT molecular complexity index is 942. The first-order valence-corrected chi connectivity index (χ1v) is 12.7. The van der Waals surface area contributed by atoms with E-state index >= 15 is 0 Å². The van der Waals surface area contributed by atoms with Gasteiger partial charge in [-0.05, 0) is 70.6 Å². The summed E-state index contributed by atoms with van der Waals surface area (Å²) in [6, 6.07) is 20.4. The number of anilines is 1. The van der Waals surface area contributed by atoms with Crippen molar-refractivity contribution in [1.82, 2.24) is 9.96 Å². The van der Waals surface area contributed by atoms with Crippen LogP contribution in [-0.4, -0.2) is 45.8 Å². The molecule has 2 aromatic carbocycles. The SMILES string of the molecule is CC(C)[C@H]1[C@H](CON2C(C)(C)CCCC2(C)C)N(c2ccccc2)C(=O)N1Cc1ccccc1. The van der Waals surface area contributed by atoms with Crippen LogP contribution in [0.2, 0.25) is 0 Å². The molecule has 5 heteroatoms. The Hall–Kier alpha value is -2.37. The third-order valence-electron chi connectivity index (χ3n) is 7.50. The molecule has 2 fully saturated rings. The molecule has 2 aromatic rings. The maximum Gasteiger partial charge on any atom is 0.325 e. The molecule has 0 aliphatic carbocycles. The second-order valence-electron chi connectivity index (χ2n) is 11.5. The highest BCUT2D eigenvalue weighted by Crippen LogP contribution is 2.40. The van der Waals surface area contributed by atoms with E-state index < -0.39 is 0 Å². The van der Waals surface area contributed by atoms with Crippen LogP contribution >= 0.6 is 0 Å². The Morgan fingerprint density at radius 1 is 0.912 bits per heavy atom. The lowest BCUT2D eigenvalue weighted by atomic mass is 9.82. The number of carbonyl (C=O) groups is 1. The highest BCUT2D eigenvalue weighted by Gasteiger charge is 2.49. The van der Waals surface area contributed by atoms with Gasteiger partial charge in [0.15, 0.2) is 0 Å². The van der Waals surface area contributed by atoms with Crippen LogP contribution in [0.25, 0.3) is 0 Å². The zero-order chi connectivity index (χ0) is 24.5. The molecule has 0 bridgehead atoms. The van der Waals surface area contributed by atoms with Gasteiger partial charge in [0.2, 0.25) is 0 Å². The number of carbonyl (C=O) groups excluding carboxylic acids is 1. The number of amides is 2. The van der Waals surface area contributed by atoms with Crippen LogP contribution in [-0.2, 0) is 11.4 Å². The molecule has 2 heterocycles. The van der Waals surface area contributed by atoms with Crippen molar-refractivity contribution in [3.63, 3.8) is 0 Å². The molecular formula is C29H41N3O2. The predicted molar refractivity (Wildman–Crippen MR) is 139 cm³/mol. The van der Waals surface area contributed by atoms with Gasteiger partial charge in [-0.25, -0.2) is 4.79 Å². The first-order chi connectivity index (χ1) is 16.1. The average molecular weight is 464 g/mol. The second kappa shape index (κ2) is 9.71. The zero-order valence-electron chi connectivity index (χ0n) is 21.7. The van der Waals surface area contributed by atoms with Crippen molar-refractivity contribution in [2.75, 3.05) is 11.5 Å². The molecule has 184 valence electrons. The first kappa shape index (κ1) is 24.7. The Morgan fingerprint density at radius 2 is 1.47 bits per heavy atom. The van der Waals surface area contributed by atoms with E-state index in [9.17, 15) is 4.79 Å². The van der Waals surface area contributed by atoms with Crippen LogP contribution in [0.15, 0.2) is 60.7 Å². The van der Waals surface area contributed by atoms with Crippen molar-refractivity contribution in [1.29, 1.82) is 0 Å². The molecule has 2 atom stereocenters. The fraction of sp³-hybridized carbons (Fsp3) is 0.552. The lowest BCUT2D eigenvalue weighted by molar-refractivity contribution is -0.283. The smallest absolute Gasteiger partial charge is 0.315 e. The van der Waals surface area contributed by atoms with Crippen LogP contribution < -0.4 is 4.90 Å². The van der Waals surface area contributed by atoms with E-state index in [1.807, 2.05) is 58.3 Å². The van der Waals surface area contributed by atoms with Crippen LogP contribution in [0.4, 0.5) is 10.5 Å². The van der Waals surface area contributed by atoms with E-state index in [0.717, 1.165) is 24.1 Å². The molecule has 0 spiro atoms. The maximum atomic E-state index is 13.9. The van der Waals surface area contributed by atoms with E-state index in [-0.39, 0.29) is 35.1 Å². The van der Waals surface area contributed by atoms with Crippen LogP contribution in [0, 0.1) is 5.92 Å². The van der Waals surface area contributed by atoms with E-state index in [1.54, 1.807) is 0 Å². The van der Waals surface area contributed by atoms with Gasteiger partial charge < -0.3 is 4.90 Å². The number of para-hydroxylation sites is 1. The van der Waals surface area contributed by atoms with Crippen molar-refractivity contribution in [2.45, 2.75) is 90.5 Å². The molecule has 0 unspecified atom stereocenters. The molecule has 2 aliphatic rings. The Kier molecular flexibility index (Phi) is 7.07. The summed E-state index contributed by atoms with van der Waals surface area (Å²) in [4.78, 5) is 24.6. The van der Waals surface area contributed by atoms with E-state index in [1.165, 1.54) is 6.42 Å². The third-order valence-corrected chi connectivity index (χ3v) is 7.50. The van der Waals surface area contributed by atoms with Gasteiger partial charge in [0.1, 0.15) is 0 Å². The van der Waals surface area contributed by atoms with Gasteiger partial charge in [-0.2, -0.15) is 5.06 Å². The summed E-state index contributed by atoms with van der Waals surface area (Å²) >= 11 is 0. The van der Waals surface area contributed by atoms with Crippen molar-refractivity contribution in [3.8, 4) is 0 Å². The number of rotatable bonds is 7. The minimum atomic E-state index is -0.0767. The standard InChI is InChI=1S/C29H41N3O2/c1-22(2)26-25(21-34-32-28(3,4)18-13-19-29(32,5)6)31(24-16-11-8-12-17-24)27(33)30(26)20-23-14-9-7-10-15-23/h7-12,14-17,22,25-26H,13,18-21H2,1-6H3/t25-,26-/m0/s1. The first-order valence-electron chi connectivity index (χ1n) is 12.7. The lowest BCUT2D eigenvalue weighted by Gasteiger charge is -2.51. The van der Waals surface area contributed by atoms with Gasteiger partial charge in [-0.1, -0.05) is 62.4 Å². The lowest BCUT2D eigenvalue weighted by Crippen LogP contribution is -2.59. The van der Waals surface area contributed by atoms with Gasteiger partial charge in [0.25, 0.3) is 0 Å². The van der Waals surface area contributed by atoms with E-state index in [2.05, 4.69) is 58.7 Å². The minimum absolute atomic E-state index is 0.0427. The number of hydroxylamine groups is 2. The van der Waals surface area contributed by atoms with Crippen LogP contribution in [0.5, 0.6) is 0 Å². The Labute approximate surface area is 205 Å². The van der Waals surface area contributed by atoms with Gasteiger partial charge in [0, 0.05) is 23.3 Å². The largest absolute Gasteiger partial charge is 0.325 e. The van der Waals surface area contributed by atoms with Crippen molar-refractivity contribution >= 4 is 11.7 Å². The molecule has 0 aromatic heterocycles. The molecule has 0 saturated carbocycles. The van der Waals surface area contributed by atoms with Crippen molar-refractivity contribution < 1.29 is 9.63 Å². The summed E-state index contributed by atoms with van der Waals surface area (Å²) in [5, 5.41) is 2.22. The molecular weight excluding hydrogens is 422 g/mol. The molecule has 2 aliphatic heterocycles. The van der Waals surface area contributed by atoms with Crippen LogP contribution in [0.1, 0.15) is 66.4 Å². The summed E-state index contributed by atoms with van der Waals surface area (Å²) in [5.41, 5.74) is 1.99. The highest BCUT2D eigenvalue weighted by atomic mass is 16.7. The second-order valence-corrected chi connectivity index (χ2v) is 11.5. The fourth-order valence-electron chi connectivity index (χ4n) is 6.07. The molecule has 0 N–H and O–H groups in total. The molecule has 34 heavy (non-hydrogen) atoms. The zero-order valence-corrected chi connectivity index (χ0v) is 21.7. The molecule has 0 radical (unpaired) electrons. The van der Waals surface area contributed by atoms with Gasteiger partial charge in [-0.3, -0.25) is 9.74 Å². The summed E-state index contributed by atoms with van der Waals surface area (Å²) in [6.07, 6.45) is 3.42. The molecule has 2 amide bonds. The summed E-state index contributed by atoms with van der Waals surface area (Å²) in [5.74, 6) is 0.289. The normalized spacial score (nSPS) is 24.7. The number of nitrogens with zero attached hydrogens (tertiary/aromatic N) is 3.